The molecule has 0 radical (unpaired) electrons. The minimum Gasteiger partial charge on any atom is -0.481 e. The third-order valence-corrected chi connectivity index (χ3v) is 4.52. The Morgan fingerprint density at radius 3 is 2.44 bits per heavy atom. The predicted octanol–water partition coefficient (Wildman–Crippen LogP) is 3.98. The molecule has 0 aliphatic rings. The van der Waals surface area contributed by atoms with Gasteiger partial charge < -0.3 is 15.2 Å². The molecule has 7 nitrogen and oxygen atoms in total. The van der Waals surface area contributed by atoms with Gasteiger partial charge >= 0.3 is 12.1 Å². The second-order valence-electron chi connectivity index (χ2n) is 6.64. The lowest BCUT2D eigenvalue weighted by Crippen LogP contribution is -2.32. The van der Waals surface area contributed by atoms with Crippen LogP contribution in [0.3, 0.4) is 0 Å². The minimum atomic E-state index is -4.76. The van der Waals surface area contributed by atoms with Crippen molar-refractivity contribution < 1.29 is 37.0 Å². The Morgan fingerprint density at radius 1 is 1.16 bits per heavy atom. The van der Waals surface area contributed by atoms with Gasteiger partial charge in [-0.15, -0.1) is 0 Å². The number of carbonyl (C=O) groups is 2. The van der Waals surface area contributed by atoms with E-state index in [0.29, 0.717) is 0 Å². The first-order chi connectivity index (χ1) is 15.1. The van der Waals surface area contributed by atoms with Gasteiger partial charge in [0.05, 0.1) is 25.1 Å². The van der Waals surface area contributed by atoms with E-state index in [1.54, 1.807) is 0 Å². The van der Waals surface area contributed by atoms with Gasteiger partial charge in [0.1, 0.15) is 11.5 Å². The number of benzene rings is 2. The number of carboxylic acids is 1. The molecule has 32 heavy (non-hydrogen) atoms. The van der Waals surface area contributed by atoms with Crippen LogP contribution in [0.2, 0.25) is 0 Å². The minimum absolute atomic E-state index is 0.00859. The van der Waals surface area contributed by atoms with Crippen LogP contribution in [0.1, 0.15) is 34.1 Å². The van der Waals surface area contributed by atoms with Crippen LogP contribution in [0, 0.1) is 5.82 Å². The van der Waals surface area contributed by atoms with Gasteiger partial charge in [0.25, 0.3) is 5.91 Å². The molecule has 2 N–H and O–H groups in total. The predicted molar refractivity (Wildman–Crippen MR) is 104 cm³/mol. The van der Waals surface area contributed by atoms with E-state index < -0.39 is 47.5 Å². The summed E-state index contributed by atoms with van der Waals surface area (Å²) < 4.78 is 60.5. The first-order valence-electron chi connectivity index (χ1n) is 9.19. The van der Waals surface area contributed by atoms with Crippen LogP contribution in [0.5, 0.6) is 5.88 Å². The molecular weight excluding hydrogens is 434 g/mol. The van der Waals surface area contributed by atoms with Crippen LogP contribution in [0.25, 0.3) is 5.69 Å². The molecule has 0 fully saturated rings. The molecular formula is C21H17F4N3O4. The zero-order valence-corrected chi connectivity index (χ0v) is 16.6. The van der Waals surface area contributed by atoms with E-state index in [4.69, 9.17) is 4.74 Å². The lowest BCUT2D eigenvalue weighted by atomic mass is 9.97. The lowest BCUT2D eigenvalue weighted by Gasteiger charge is -2.21. The van der Waals surface area contributed by atoms with Crippen molar-refractivity contribution >= 4 is 11.9 Å². The quantitative estimate of drug-likeness (QED) is 0.530. The summed E-state index contributed by atoms with van der Waals surface area (Å²) in [5.41, 5.74) is -1.80. The number of aromatic nitrogens is 2. The van der Waals surface area contributed by atoms with Crippen molar-refractivity contribution in [2.45, 2.75) is 18.6 Å². The maximum absolute atomic E-state index is 14.1. The first-order valence-corrected chi connectivity index (χ1v) is 9.19. The Morgan fingerprint density at radius 2 is 1.81 bits per heavy atom. The fraction of sp³-hybridized carbons (Fsp3) is 0.190. The average molecular weight is 451 g/mol. The van der Waals surface area contributed by atoms with E-state index >= 15 is 0 Å². The van der Waals surface area contributed by atoms with E-state index in [9.17, 15) is 32.3 Å². The molecule has 1 atom stereocenters. The highest BCUT2D eigenvalue weighted by atomic mass is 19.4. The van der Waals surface area contributed by atoms with Gasteiger partial charge in [0, 0.05) is 6.07 Å². The van der Waals surface area contributed by atoms with Crippen molar-refractivity contribution in [3.63, 3.8) is 0 Å². The maximum Gasteiger partial charge on any atom is 0.416 e. The van der Waals surface area contributed by atoms with Crippen LogP contribution >= 0.6 is 0 Å². The SMILES string of the molecule is COc1cc(C(=O)N[C@@H](CC(=O)O)c2ccccc2C(F)(F)F)nn1-c1ccccc1F. The zero-order chi connectivity index (χ0) is 23.5. The molecule has 0 bridgehead atoms. The Labute approximate surface area is 179 Å². The summed E-state index contributed by atoms with van der Waals surface area (Å²) >= 11 is 0. The molecule has 1 heterocycles. The molecule has 0 aliphatic carbocycles. The van der Waals surface area contributed by atoms with E-state index in [1.807, 2.05) is 0 Å². The summed E-state index contributed by atoms with van der Waals surface area (Å²) in [4.78, 5) is 24.0. The van der Waals surface area contributed by atoms with Crippen LogP contribution in [0.4, 0.5) is 17.6 Å². The lowest BCUT2D eigenvalue weighted by molar-refractivity contribution is -0.140. The van der Waals surface area contributed by atoms with Crippen molar-refractivity contribution in [1.82, 2.24) is 15.1 Å². The molecule has 1 amide bonds. The number of carboxylic acid groups (broad SMARTS) is 1. The van der Waals surface area contributed by atoms with Gasteiger partial charge in [-0.25, -0.2) is 4.39 Å². The summed E-state index contributed by atoms with van der Waals surface area (Å²) in [6.07, 6.45) is -5.56. The van der Waals surface area contributed by atoms with E-state index in [0.717, 1.165) is 28.9 Å². The number of para-hydroxylation sites is 1. The normalized spacial score (nSPS) is 12.3. The molecule has 3 aromatic rings. The number of aliphatic carboxylic acids is 1. The van der Waals surface area contributed by atoms with Crippen molar-refractivity contribution in [3.05, 3.63) is 77.2 Å². The highest BCUT2D eigenvalue weighted by Gasteiger charge is 2.36. The Hall–Kier alpha value is -3.89. The molecule has 3 rings (SSSR count). The molecule has 0 saturated carbocycles. The third kappa shape index (κ3) is 4.88. The van der Waals surface area contributed by atoms with E-state index in [2.05, 4.69) is 10.4 Å². The van der Waals surface area contributed by atoms with Gasteiger partial charge in [0.15, 0.2) is 5.69 Å². The van der Waals surface area contributed by atoms with Crippen molar-refractivity contribution in [2.75, 3.05) is 7.11 Å². The molecule has 1 aromatic heterocycles. The average Bonchev–Trinajstić information content (AvgIpc) is 3.17. The topological polar surface area (TPSA) is 93.4 Å². The Balaban J connectivity index is 1.97. The molecule has 2 aromatic carbocycles. The number of halogens is 4. The second kappa shape index (κ2) is 9.08. The van der Waals surface area contributed by atoms with E-state index in [-0.39, 0.29) is 17.3 Å². The van der Waals surface area contributed by atoms with Crippen molar-refractivity contribution in [1.29, 1.82) is 0 Å². The number of rotatable bonds is 7. The van der Waals surface area contributed by atoms with Gasteiger partial charge in [0.2, 0.25) is 5.88 Å². The van der Waals surface area contributed by atoms with Crippen LogP contribution < -0.4 is 10.1 Å². The smallest absolute Gasteiger partial charge is 0.416 e. The Kier molecular flexibility index (Phi) is 6.47. The summed E-state index contributed by atoms with van der Waals surface area (Å²) in [5, 5.41) is 15.4. The number of hydrogen-bond donors (Lipinski definition) is 2. The number of carbonyl (C=O) groups excluding carboxylic acids is 1. The van der Waals surface area contributed by atoms with Crippen LogP contribution in [0.15, 0.2) is 54.6 Å². The highest BCUT2D eigenvalue weighted by molar-refractivity contribution is 5.93. The van der Waals surface area contributed by atoms with E-state index in [1.165, 1.54) is 37.4 Å². The summed E-state index contributed by atoms with van der Waals surface area (Å²) in [6, 6.07) is 9.58. The Bertz CT molecular complexity index is 1140. The fourth-order valence-electron chi connectivity index (χ4n) is 3.12. The van der Waals surface area contributed by atoms with Gasteiger partial charge in [-0.3, -0.25) is 9.59 Å². The third-order valence-electron chi connectivity index (χ3n) is 4.52. The molecule has 0 spiro atoms. The summed E-state index contributed by atoms with van der Waals surface area (Å²) in [6.45, 7) is 0. The standard InChI is InChI=1S/C21H17F4N3O4/c1-32-18-10-16(27-28(18)17-9-5-4-8-14(17)22)20(31)26-15(11-19(29)30)12-6-2-3-7-13(12)21(23,24)25/h2-10,15H,11H2,1H3,(H,26,31)(H,29,30)/t15-/m0/s1. The molecule has 0 aliphatic heterocycles. The second-order valence-corrected chi connectivity index (χ2v) is 6.64. The van der Waals surface area contributed by atoms with Gasteiger partial charge in [-0.1, -0.05) is 30.3 Å². The number of hydrogen-bond acceptors (Lipinski definition) is 4. The monoisotopic (exact) mass is 451 g/mol. The zero-order valence-electron chi connectivity index (χ0n) is 16.6. The van der Waals surface area contributed by atoms with Crippen molar-refractivity contribution in [2.24, 2.45) is 0 Å². The molecule has 168 valence electrons. The number of methoxy groups -OCH3 is 1. The number of nitrogens with zero attached hydrogens (tertiary/aromatic N) is 2. The highest BCUT2D eigenvalue weighted by Crippen LogP contribution is 2.35. The molecule has 0 unspecified atom stereocenters. The maximum atomic E-state index is 14.1. The van der Waals surface area contributed by atoms with Crippen molar-refractivity contribution in [3.8, 4) is 11.6 Å². The van der Waals surface area contributed by atoms with Crippen LogP contribution in [-0.2, 0) is 11.0 Å². The van der Waals surface area contributed by atoms with Gasteiger partial charge in [-0.2, -0.15) is 23.0 Å². The summed E-state index contributed by atoms with van der Waals surface area (Å²) in [5.74, 6) is -3.03. The number of ether oxygens (including phenoxy) is 1. The van der Waals surface area contributed by atoms with Gasteiger partial charge in [-0.05, 0) is 23.8 Å². The fourth-order valence-corrected chi connectivity index (χ4v) is 3.12. The number of amides is 1. The molecule has 11 heteroatoms. The molecule has 0 saturated heterocycles. The number of nitrogens with one attached hydrogen (secondary N) is 1. The largest absolute Gasteiger partial charge is 0.481 e. The van der Waals surface area contributed by atoms with Crippen LogP contribution in [-0.4, -0.2) is 33.9 Å². The first kappa shape index (κ1) is 22.8. The summed E-state index contributed by atoms with van der Waals surface area (Å²) in [7, 11) is 1.27. The number of alkyl halides is 3.